The molecule has 0 radical (unpaired) electrons. The molecule has 1 amide bonds. The summed E-state index contributed by atoms with van der Waals surface area (Å²) in [6.07, 6.45) is 0. The van der Waals surface area contributed by atoms with Crippen LogP contribution < -0.4 is 5.32 Å². The first kappa shape index (κ1) is 20.8. The minimum Gasteiger partial charge on any atom is -0.319 e. The van der Waals surface area contributed by atoms with Gasteiger partial charge in [0, 0.05) is 13.1 Å². The van der Waals surface area contributed by atoms with Crippen LogP contribution in [0.25, 0.3) is 0 Å². The number of nitriles is 1. The van der Waals surface area contributed by atoms with E-state index in [1.165, 1.54) is 34.6 Å². The first-order valence-corrected chi connectivity index (χ1v) is 10.0. The molecule has 2 rings (SSSR count). The van der Waals surface area contributed by atoms with Crippen LogP contribution in [0.4, 0.5) is 5.69 Å². The van der Waals surface area contributed by atoms with Gasteiger partial charge in [0.15, 0.2) is 0 Å². The lowest BCUT2D eigenvalue weighted by Crippen LogP contribution is -2.30. The van der Waals surface area contributed by atoms with Crippen LogP contribution in [-0.2, 0) is 10.0 Å². The van der Waals surface area contributed by atoms with E-state index < -0.39 is 15.9 Å². The van der Waals surface area contributed by atoms with Gasteiger partial charge >= 0.3 is 0 Å². The zero-order chi connectivity index (χ0) is 20.2. The molecule has 0 aliphatic heterocycles. The highest BCUT2D eigenvalue weighted by Crippen LogP contribution is 2.27. The second-order valence-electron chi connectivity index (χ2n) is 5.63. The number of nitrogens with zero attached hydrogens (tertiary/aromatic N) is 3. The summed E-state index contributed by atoms with van der Waals surface area (Å²) in [7, 11) is -3.68. The molecule has 0 atom stereocenters. The van der Waals surface area contributed by atoms with Crippen molar-refractivity contribution >= 4 is 33.2 Å². The molecule has 27 heavy (non-hydrogen) atoms. The van der Waals surface area contributed by atoms with Gasteiger partial charge in [0.05, 0.1) is 26.9 Å². The van der Waals surface area contributed by atoms with Crippen molar-refractivity contribution in [3.63, 3.8) is 0 Å². The quantitative estimate of drug-likeness (QED) is 0.793. The monoisotopic (exact) mass is 406 g/mol. The Morgan fingerprint density at radius 3 is 2.48 bits per heavy atom. The molecule has 1 N–H and O–H groups in total. The van der Waals surface area contributed by atoms with Crippen LogP contribution in [0.3, 0.4) is 0 Å². The van der Waals surface area contributed by atoms with Crippen molar-refractivity contribution in [1.82, 2.24) is 9.29 Å². The molecule has 0 fully saturated rings. The van der Waals surface area contributed by atoms with E-state index in [4.69, 9.17) is 16.9 Å². The third-order valence-electron chi connectivity index (χ3n) is 3.97. The smallest absolute Gasteiger partial charge is 0.274 e. The normalized spacial score (nSPS) is 11.3. The molecule has 9 heteroatoms. The predicted molar refractivity (Wildman–Crippen MR) is 103 cm³/mol. The number of pyridine rings is 1. The molecular weight excluding hydrogens is 388 g/mol. The summed E-state index contributed by atoms with van der Waals surface area (Å²) in [6, 6.07) is 9.05. The Bertz CT molecular complexity index is 1010. The average Bonchev–Trinajstić information content (AvgIpc) is 2.64. The molecule has 0 spiro atoms. The number of rotatable bonds is 6. The average molecular weight is 407 g/mol. The van der Waals surface area contributed by atoms with Crippen molar-refractivity contribution < 1.29 is 13.2 Å². The standard InChI is InChI=1S/C18H19ClN4O3S/c1-4-23(5-2)27(25,26)14-7-8-15(19)17(10-14)22-18(24)16-9-6-13(11-20)12(3)21-16/h6-10H,4-5H2,1-3H3,(H,22,24). The van der Waals surface area contributed by atoms with E-state index in [0.717, 1.165) is 0 Å². The number of hydrogen-bond acceptors (Lipinski definition) is 5. The van der Waals surface area contributed by atoms with Crippen molar-refractivity contribution in [3.05, 3.63) is 52.3 Å². The maximum atomic E-state index is 12.7. The summed E-state index contributed by atoms with van der Waals surface area (Å²) >= 11 is 6.12. The van der Waals surface area contributed by atoms with E-state index in [1.54, 1.807) is 20.8 Å². The first-order chi connectivity index (χ1) is 12.7. The van der Waals surface area contributed by atoms with Crippen LogP contribution in [0.5, 0.6) is 0 Å². The fourth-order valence-electron chi connectivity index (χ4n) is 2.47. The number of amides is 1. The third-order valence-corrected chi connectivity index (χ3v) is 6.34. The number of aryl methyl sites for hydroxylation is 1. The molecule has 0 saturated carbocycles. The Balaban J connectivity index is 2.36. The Hall–Kier alpha value is -2.47. The molecule has 0 aliphatic carbocycles. The number of halogens is 1. The fourth-order valence-corrected chi connectivity index (χ4v) is 4.11. The predicted octanol–water partition coefficient (Wildman–Crippen LogP) is 3.20. The summed E-state index contributed by atoms with van der Waals surface area (Å²) in [5, 5.41) is 11.7. The lowest BCUT2D eigenvalue weighted by Gasteiger charge is -2.19. The van der Waals surface area contributed by atoms with Gasteiger partial charge in [0.1, 0.15) is 11.8 Å². The summed E-state index contributed by atoms with van der Waals surface area (Å²) in [6.45, 7) is 5.78. The van der Waals surface area contributed by atoms with E-state index in [2.05, 4.69) is 10.3 Å². The zero-order valence-corrected chi connectivity index (χ0v) is 16.7. The second kappa shape index (κ2) is 8.48. The van der Waals surface area contributed by atoms with Crippen LogP contribution >= 0.6 is 11.6 Å². The first-order valence-electron chi connectivity index (χ1n) is 8.23. The van der Waals surface area contributed by atoms with Crippen molar-refractivity contribution in [2.24, 2.45) is 0 Å². The van der Waals surface area contributed by atoms with Gasteiger partial charge in [-0.2, -0.15) is 9.57 Å². The van der Waals surface area contributed by atoms with Crippen LogP contribution in [0.1, 0.15) is 35.6 Å². The van der Waals surface area contributed by atoms with Crippen LogP contribution in [0, 0.1) is 18.3 Å². The molecule has 0 aliphatic rings. The highest BCUT2D eigenvalue weighted by atomic mass is 35.5. The Kier molecular flexibility index (Phi) is 6.54. The molecule has 0 bridgehead atoms. The second-order valence-corrected chi connectivity index (χ2v) is 7.97. The van der Waals surface area contributed by atoms with Gasteiger partial charge < -0.3 is 5.32 Å². The van der Waals surface area contributed by atoms with E-state index in [-0.39, 0.29) is 21.3 Å². The van der Waals surface area contributed by atoms with Gasteiger partial charge in [-0.3, -0.25) is 4.79 Å². The molecule has 0 saturated heterocycles. The van der Waals surface area contributed by atoms with Crippen molar-refractivity contribution in [2.45, 2.75) is 25.7 Å². The largest absolute Gasteiger partial charge is 0.319 e. The number of carbonyl (C=O) groups excluding carboxylic acids is 1. The van der Waals surface area contributed by atoms with Crippen molar-refractivity contribution in [2.75, 3.05) is 18.4 Å². The molecule has 2 aromatic rings. The zero-order valence-electron chi connectivity index (χ0n) is 15.2. The molecule has 142 valence electrons. The molecule has 1 heterocycles. The maximum absolute atomic E-state index is 12.7. The summed E-state index contributed by atoms with van der Waals surface area (Å²) < 4.78 is 26.6. The summed E-state index contributed by atoms with van der Waals surface area (Å²) in [5.41, 5.74) is 1.06. The number of carbonyl (C=O) groups is 1. The molecule has 1 aromatic heterocycles. The number of anilines is 1. The number of benzene rings is 1. The molecule has 7 nitrogen and oxygen atoms in total. The highest BCUT2D eigenvalue weighted by Gasteiger charge is 2.23. The lowest BCUT2D eigenvalue weighted by atomic mass is 10.2. The minimum atomic E-state index is -3.68. The van der Waals surface area contributed by atoms with Gasteiger partial charge in [-0.05, 0) is 37.3 Å². The van der Waals surface area contributed by atoms with E-state index in [0.29, 0.717) is 24.3 Å². The van der Waals surface area contributed by atoms with Gasteiger partial charge in [0.2, 0.25) is 10.0 Å². The van der Waals surface area contributed by atoms with Crippen LogP contribution in [-0.4, -0.2) is 36.7 Å². The van der Waals surface area contributed by atoms with E-state index in [1.807, 2.05) is 6.07 Å². The van der Waals surface area contributed by atoms with Crippen LogP contribution in [0.2, 0.25) is 5.02 Å². The Morgan fingerprint density at radius 2 is 1.93 bits per heavy atom. The molecule has 1 aromatic carbocycles. The maximum Gasteiger partial charge on any atom is 0.274 e. The Labute approximate surface area is 163 Å². The molecular formula is C18H19ClN4O3S. The Morgan fingerprint density at radius 1 is 1.26 bits per heavy atom. The van der Waals surface area contributed by atoms with Crippen molar-refractivity contribution in [1.29, 1.82) is 5.26 Å². The topological polar surface area (TPSA) is 103 Å². The fraction of sp³-hybridized carbons (Fsp3) is 0.278. The third kappa shape index (κ3) is 4.45. The summed E-state index contributed by atoms with van der Waals surface area (Å²) in [5.74, 6) is -0.554. The molecule has 0 unspecified atom stereocenters. The van der Waals surface area contributed by atoms with Gasteiger partial charge in [-0.1, -0.05) is 25.4 Å². The lowest BCUT2D eigenvalue weighted by molar-refractivity contribution is 0.102. The van der Waals surface area contributed by atoms with Gasteiger partial charge in [-0.15, -0.1) is 0 Å². The SMILES string of the molecule is CCN(CC)S(=O)(=O)c1ccc(Cl)c(NC(=O)c2ccc(C#N)c(C)n2)c1. The van der Waals surface area contributed by atoms with E-state index in [9.17, 15) is 13.2 Å². The van der Waals surface area contributed by atoms with Gasteiger partial charge in [-0.25, -0.2) is 13.4 Å². The summed E-state index contributed by atoms with van der Waals surface area (Å²) in [4.78, 5) is 16.6. The van der Waals surface area contributed by atoms with Crippen molar-refractivity contribution in [3.8, 4) is 6.07 Å². The van der Waals surface area contributed by atoms with E-state index >= 15 is 0 Å². The van der Waals surface area contributed by atoms with Crippen LogP contribution in [0.15, 0.2) is 35.2 Å². The number of sulfonamides is 1. The number of nitrogens with one attached hydrogen (secondary N) is 1. The van der Waals surface area contributed by atoms with Gasteiger partial charge in [0.25, 0.3) is 5.91 Å². The number of hydrogen-bond donors (Lipinski definition) is 1. The highest BCUT2D eigenvalue weighted by molar-refractivity contribution is 7.89. The minimum absolute atomic E-state index is 0.0369. The number of aromatic nitrogens is 1.